The van der Waals surface area contributed by atoms with Gasteiger partial charge in [-0.15, -0.1) is 5.10 Å². The molecule has 0 unspecified atom stereocenters. The van der Waals surface area contributed by atoms with E-state index in [1.807, 2.05) is 6.92 Å². The largest absolute Gasteiger partial charge is 0.476 e. The number of nitrogens with one attached hydrogen (secondary N) is 1. The van der Waals surface area contributed by atoms with Gasteiger partial charge in [0.1, 0.15) is 0 Å². The summed E-state index contributed by atoms with van der Waals surface area (Å²) in [5.41, 5.74) is 4.21. The van der Waals surface area contributed by atoms with Crippen molar-refractivity contribution in [1.82, 2.24) is 19.7 Å². The van der Waals surface area contributed by atoms with E-state index in [1.54, 1.807) is 18.6 Å². The Morgan fingerprint density at radius 3 is 2.46 bits per heavy atom. The number of rotatable bonds is 7. The quantitative estimate of drug-likeness (QED) is 0.534. The van der Waals surface area contributed by atoms with Gasteiger partial charge in [0.2, 0.25) is 11.8 Å². The number of anilines is 1. The molecular weight excluding hydrogens is 358 g/mol. The molecule has 0 bridgehead atoms. The molecule has 0 atom stereocenters. The van der Waals surface area contributed by atoms with E-state index in [0.717, 1.165) is 18.4 Å². The maximum atomic E-state index is 9.16. The van der Waals surface area contributed by atoms with Crippen molar-refractivity contribution >= 4 is 5.95 Å². The second kappa shape index (κ2) is 7.95. The highest BCUT2D eigenvalue weighted by molar-refractivity contribution is 5.66. The fourth-order valence-electron chi connectivity index (χ4n) is 3.49. The molecule has 4 rings (SSSR count). The van der Waals surface area contributed by atoms with Crippen LogP contribution in [0.25, 0.3) is 11.1 Å². The summed E-state index contributed by atoms with van der Waals surface area (Å²) in [5, 5.41) is 26.0. The van der Waals surface area contributed by atoms with Crippen LogP contribution in [0.2, 0.25) is 0 Å². The highest BCUT2D eigenvalue weighted by atomic mass is 16.5. The van der Waals surface area contributed by atoms with E-state index in [0.29, 0.717) is 24.0 Å². The summed E-state index contributed by atoms with van der Waals surface area (Å²) in [5.74, 6) is 0.997. The molecule has 1 aromatic carbocycles. The molecule has 1 aliphatic rings. The van der Waals surface area contributed by atoms with Gasteiger partial charge in [-0.3, -0.25) is 4.68 Å². The van der Waals surface area contributed by atoms with Gasteiger partial charge < -0.3 is 20.3 Å². The van der Waals surface area contributed by atoms with Crippen molar-refractivity contribution in [2.75, 3.05) is 11.9 Å². The highest BCUT2D eigenvalue weighted by Gasteiger charge is 2.21. The first-order valence-corrected chi connectivity index (χ1v) is 9.34. The Bertz CT molecular complexity index is 914. The first-order valence-electron chi connectivity index (χ1n) is 9.34. The molecule has 0 radical (unpaired) electrons. The number of aliphatic hydroxyl groups excluding tert-OH is 1. The zero-order valence-electron chi connectivity index (χ0n) is 15.6. The van der Waals surface area contributed by atoms with Gasteiger partial charge in [-0.1, -0.05) is 24.3 Å². The molecule has 0 fully saturated rings. The first-order chi connectivity index (χ1) is 13.6. The van der Waals surface area contributed by atoms with Gasteiger partial charge in [0.05, 0.1) is 18.7 Å². The van der Waals surface area contributed by atoms with E-state index in [1.165, 1.54) is 15.8 Å². The van der Waals surface area contributed by atoms with Crippen LogP contribution in [0, 0.1) is 0 Å². The molecule has 0 saturated heterocycles. The number of hydrogen-bond acceptors (Lipinski definition) is 7. The van der Waals surface area contributed by atoms with Crippen LogP contribution < -0.4 is 10.1 Å². The van der Waals surface area contributed by atoms with Gasteiger partial charge in [-0.25, -0.2) is 9.97 Å². The van der Waals surface area contributed by atoms with Crippen molar-refractivity contribution in [1.29, 1.82) is 0 Å². The zero-order valence-corrected chi connectivity index (χ0v) is 15.6. The standard InChI is InChI=1S/C20H23N5O3/c1-2-28-19-17(11-25(24-19)12-18(26)27)15-9-21-20(22-10-15)23-16-7-13-5-3-4-6-14(13)8-16/h3-6,9-11,16,18,26-27H,2,7-8,12H2,1H3,(H,21,22,23). The fourth-order valence-corrected chi connectivity index (χ4v) is 3.49. The van der Waals surface area contributed by atoms with Crippen molar-refractivity contribution in [3.05, 3.63) is 54.0 Å². The molecule has 8 heteroatoms. The molecule has 28 heavy (non-hydrogen) atoms. The zero-order chi connectivity index (χ0) is 19.5. The van der Waals surface area contributed by atoms with Gasteiger partial charge in [0, 0.05) is 30.2 Å². The van der Waals surface area contributed by atoms with Crippen molar-refractivity contribution < 1.29 is 14.9 Å². The SMILES string of the molecule is CCOc1nn(CC(O)O)cc1-c1cnc(NC2Cc3ccccc3C2)nc1. The summed E-state index contributed by atoms with van der Waals surface area (Å²) in [7, 11) is 0. The summed E-state index contributed by atoms with van der Waals surface area (Å²) in [4.78, 5) is 8.88. The molecule has 0 saturated carbocycles. The second-order valence-electron chi connectivity index (χ2n) is 6.80. The summed E-state index contributed by atoms with van der Waals surface area (Å²) in [6, 6.07) is 8.75. The van der Waals surface area contributed by atoms with Crippen LogP contribution in [0.5, 0.6) is 5.88 Å². The summed E-state index contributed by atoms with van der Waals surface area (Å²) in [6.45, 7) is 2.28. The van der Waals surface area contributed by atoms with Crippen LogP contribution in [-0.2, 0) is 19.4 Å². The van der Waals surface area contributed by atoms with Crippen molar-refractivity contribution in [2.24, 2.45) is 0 Å². The Kier molecular flexibility index (Phi) is 5.23. The smallest absolute Gasteiger partial charge is 0.240 e. The maximum absolute atomic E-state index is 9.16. The second-order valence-corrected chi connectivity index (χ2v) is 6.80. The van der Waals surface area contributed by atoms with Crippen LogP contribution in [0.4, 0.5) is 5.95 Å². The predicted octanol–water partition coefficient (Wildman–Crippen LogP) is 1.63. The minimum Gasteiger partial charge on any atom is -0.476 e. The molecule has 146 valence electrons. The topological polar surface area (TPSA) is 105 Å². The molecule has 3 aromatic rings. The van der Waals surface area contributed by atoms with Gasteiger partial charge in [0.15, 0.2) is 6.29 Å². The Balaban J connectivity index is 1.48. The van der Waals surface area contributed by atoms with E-state index in [9.17, 15) is 0 Å². The van der Waals surface area contributed by atoms with E-state index < -0.39 is 6.29 Å². The Labute approximate surface area is 162 Å². The molecule has 2 heterocycles. The third-order valence-electron chi connectivity index (χ3n) is 4.71. The fraction of sp³-hybridized carbons (Fsp3) is 0.350. The molecule has 0 spiro atoms. The van der Waals surface area contributed by atoms with E-state index in [2.05, 4.69) is 44.6 Å². The van der Waals surface area contributed by atoms with Crippen LogP contribution in [-0.4, -0.2) is 48.9 Å². The average molecular weight is 381 g/mol. The lowest BCUT2D eigenvalue weighted by molar-refractivity contribution is -0.0535. The number of nitrogens with zero attached hydrogens (tertiary/aromatic N) is 4. The third-order valence-corrected chi connectivity index (χ3v) is 4.71. The van der Waals surface area contributed by atoms with Crippen molar-refractivity contribution in [3.8, 4) is 17.0 Å². The Hall–Kier alpha value is -2.97. The molecule has 8 nitrogen and oxygen atoms in total. The summed E-state index contributed by atoms with van der Waals surface area (Å²) < 4.78 is 7.00. The van der Waals surface area contributed by atoms with Crippen molar-refractivity contribution in [3.63, 3.8) is 0 Å². The van der Waals surface area contributed by atoms with E-state index in [-0.39, 0.29) is 12.6 Å². The van der Waals surface area contributed by atoms with E-state index in [4.69, 9.17) is 14.9 Å². The van der Waals surface area contributed by atoms with Gasteiger partial charge >= 0.3 is 0 Å². The molecular formula is C20H23N5O3. The van der Waals surface area contributed by atoms with Gasteiger partial charge in [-0.2, -0.15) is 0 Å². The normalized spacial score (nSPS) is 13.7. The molecule has 0 amide bonds. The van der Waals surface area contributed by atoms with Gasteiger partial charge in [0.25, 0.3) is 0 Å². The summed E-state index contributed by atoms with van der Waals surface area (Å²) in [6.07, 6.45) is 5.58. The number of ether oxygens (including phenoxy) is 1. The average Bonchev–Trinajstić information content (AvgIpc) is 3.25. The van der Waals surface area contributed by atoms with E-state index >= 15 is 0 Å². The van der Waals surface area contributed by atoms with Crippen LogP contribution in [0.15, 0.2) is 42.9 Å². The van der Waals surface area contributed by atoms with Crippen LogP contribution in [0.1, 0.15) is 18.1 Å². The maximum Gasteiger partial charge on any atom is 0.240 e. The molecule has 1 aliphatic carbocycles. The monoisotopic (exact) mass is 381 g/mol. The number of hydrogen-bond donors (Lipinski definition) is 3. The minimum atomic E-state index is -1.49. The molecule has 0 aliphatic heterocycles. The first kappa shape index (κ1) is 18.4. The highest BCUT2D eigenvalue weighted by Crippen LogP contribution is 2.29. The lowest BCUT2D eigenvalue weighted by atomic mass is 10.1. The summed E-state index contributed by atoms with van der Waals surface area (Å²) >= 11 is 0. The van der Waals surface area contributed by atoms with Crippen LogP contribution >= 0.6 is 0 Å². The minimum absolute atomic E-state index is 0.0389. The lowest BCUT2D eigenvalue weighted by Gasteiger charge is -2.12. The molecule has 3 N–H and O–H groups in total. The Morgan fingerprint density at radius 1 is 1.18 bits per heavy atom. The number of aliphatic hydroxyl groups is 2. The number of fused-ring (bicyclic) bond motifs is 1. The number of aromatic nitrogens is 4. The number of benzene rings is 1. The Morgan fingerprint density at radius 2 is 1.86 bits per heavy atom. The van der Waals surface area contributed by atoms with Gasteiger partial charge in [-0.05, 0) is 30.9 Å². The third kappa shape index (κ3) is 3.97. The predicted molar refractivity (Wildman–Crippen MR) is 104 cm³/mol. The molecule has 2 aromatic heterocycles. The van der Waals surface area contributed by atoms with Crippen molar-refractivity contribution in [2.45, 2.75) is 38.6 Å². The lowest BCUT2D eigenvalue weighted by Crippen LogP contribution is -2.20. The van der Waals surface area contributed by atoms with Crippen LogP contribution in [0.3, 0.4) is 0 Å².